The van der Waals surface area contributed by atoms with E-state index in [1.54, 1.807) is 39.0 Å². The van der Waals surface area contributed by atoms with Gasteiger partial charge in [0, 0.05) is 56.5 Å². The largest absolute Gasteiger partial charge is 0.494 e. The quantitative estimate of drug-likeness (QED) is 0.260. The maximum atomic E-state index is 13.3. The molecule has 0 aliphatic carbocycles. The van der Waals surface area contributed by atoms with Gasteiger partial charge in [0.2, 0.25) is 5.95 Å². The van der Waals surface area contributed by atoms with Gasteiger partial charge in [-0.1, -0.05) is 0 Å². The van der Waals surface area contributed by atoms with E-state index in [4.69, 9.17) is 9.72 Å². The van der Waals surface area contributed by atoms with Gasteiger partial charge >= 0.3 is 0 Å². The number of ether oxygens (including phenoxy) is 1. The number of fused-ring (bicyclic) bond motifs is 1. The van der Waals surface area contributed by atoms with Gasteiger partial charge < -0.3 is 30.2 Å². The molecule has 0 unspecified atom stereocenters. The molecule has 0 radical (unpaired) electrons. The van der Waals surface area contributed by atoms with Crippen LogP contribution in [0.1, 0.15) is 5.56 Å². The Bertz CT molecular complexity index is 1540. The summed E-state index contributed by atoms with van der Waals surface area (Å²) in [6.07, 6.45) is 4.90. The molecule has 0 amide bonds. The zero-order valence-corrected chi connectivity index (χ0v) is 24.2. The first-order chi connectivity index (χ1) is 18.2. The number of anilines is 5. The molecule has 2 aromatic heterocycles. The van der Waals surface area contributed by atoms with Gasteiger partial charge in [-0.3, -0.25) is 9.97 Å². The van der Waals surface area contributed by atoms with Crippen molar-refractivity contribution in [3.63, 3.8) is 0 Å². The summed E-state index contributed by atoms with van der Waals surface area (Å²) in [5.74, 6) is 1.62. The molecule has 3 N–H and O–H groups in total. The van der Waals surface area contributed by atoms with Crippen molar-refractivity contribution in [3.8, 4) is 5.75 Å². The average molecular weight is 597 g/mol. The Morgan fingerprint density at radius 1 is 1.05 bits per heavy atom. The lowest BCUT2D eigenvalue weighted by Crippen LogP contribution is -2.43. The molecule has 1 saturated heterocycles. The molecule has 1 aliphatic rings. The van der Waals surface area contributed by atoms with Gasteiger partial charge in [0.25, 0.3) is 0 Å². The van der Waals surface area contributed by atoms with Crippen LogP contribution in [0.15, 0.2) is 47.3 Å². The summed E-state index contributed by atoms with van der Waals surface area (Å²) in [5, 5.41) is 10.7. The second kappa shape index (κ2) is 10.8. The highest BCUT2D eigenvalue weighted by molar-refractivity contribution is 9.10. The molecule has 10 nitrogen and oxygen atoms in total. The van der Waals surface area contributed by atoms with E-state index in [0.717, 1.165) is 43.1 Å². The fourth-order valence-electron chi connectivity index (χ4n) is 4.62. The molecule has 38 heavy (non-hydrogen) atoms. The van der Waals surface area contributed by atoms with Crippen LogP contribution in [0.3, 0.4) is 0 Å². The Hall–Kier alpha value is -3.27. The molecule has 2 aromatic carbocycles. The van der Waals surface area contributed by atoms with Crippen LogP contribution in [0.4, 0.5) is 28.8 Å². The monoisotopic (exact) mass is 596 g/mol. The van der Waals surface area contributed by atoms with Gasteiger partial charge in [0.05, 0.1) is 33.8 Å². The van der Waals surface area contributed by atoms with Crippen molar-refractivity contribution >= 4 is 68.2 Å². The average Bonchev–Trinajstić information content (AvgIpc) is 2.90. The number of aromatic nitrogens is 4. The van der Waals surface area contributed by atoms with E-state index in [2.05, 4.69) is 70.8 Å². The molecule has 198 valence electrons. The summed E-state index contributed by atoms with van der Waals surface area (Å²) in [6.45, 7) is 9.36. The molecule has 0 saturated carbocycles. The maximum absolute atomic E-state index is 13.3. The first kappa shape index (κ1) is 26.3. The van der Waals surface area contributed by atoms with Crippen LogP contribution in [-0.2, 0) is 4.57 Å². The normalized spacial score (nSPS) is 14.0. The van der Waals surface area contributed by atoms with E-state index in [0.29, 0.717) is 44.0 Å². The van der Waals surface area contributed by atoms with Crippen LogP contribution in [0.2, 0.25) is 0 Å². The van der Waals surface area contributed by atoms with Crippen LogP contribution in [-0.4, -0.2) is 66.6 Å². The summed E-state index contributed by atoms with van der Waals surface area (Å²) in [6, 6.07) is 7.82. The molecule has 1 aliphatic heterocycles. The lowest BCUT2D eigenvalue weighted by molar-refractivity contribution is 0.416. The molecule has 0 bridgehead atoms. The van der Waals surface area contributed by atoms with Crippen LogP contribution in [0.25, 0.3) is 11.0 Å². The lowest BCUT2D eigenvalue weighted by Gasteiger charge is -2.31. The van der Waals surface area contributed by atoms with Crippen molar-refractivity contribution in [2.45, 2.75) is 6.92 Å². The Morgan fingerprint density at radius 2 is 1.82 bits per heavy atom. The van der Waals surface area contributed by atoms with Crippen molar-refractivity contribution in [2.75, 3.05) is 62.2 Å². The number of halogens is 1. The van der Waals surface area contributed by atoms with Crippen LogP contribution < -0.4 is 30.9 Å². The number of piperazine rings is 1. The molecule has 12 heteroatoms. The van der Waals surface area contributed by atoms with Gasteiger partial charge in [0.1, 0.15) is 24.2 Å². The number of nitrogens with zero attached hydrogens (tertiary/aromatic N) is 5. The van der Waals surface area contributed by atoms with E-state index in [9.17, 15) is 4.57 Å². The minimum atomic E-state index is -2.72. The van der Waals surface area contributed by atoms with Gasteiger partial charge in [-0.2, -0.15) is 4.98 Å². The molecular weight excluding hydrogens is 567 g/mol. The number of nitrogens with one attached hydrogen (secondary N) is 3. The second-order valence-electron chi connectivity index (χ2n) is 9.45. The molecule has 5 rings (SSSR count). The summed E-state index contributed by atoms with van der Waals surface area (Å²) in [4.78, 5) is 20.3. The van der Waals surface area contributed by atoms with E-state index in [-0.39, 0.29) is 0 Å². The first-order valence-corrected chi connectivity index (χ1v) is 15.6. The summed E-state index contributed by atoms with van der Waals surface area (Å²) in [7, 11) is -1.06. The van der Waals surface area contributed by atoms with Gasteiger partial charge in [0.15, 0.2) is 0 Å². The third-order valence-corrected chi connectivity index (χ3v) is 8.48. The highest BCUT2D eigenvalue weighted by atomic mass is 79.9. The van der Waals surface area contributed by atoms with Crippen LogP contribution >= 0.6 is 23.1 Å². The van der Waals surface area contributed by atoms with Gasteiger partial charge in [-0.25, -0.2) is 4.98 Å². The predicted molar refractivity (Wildman–Crippen MR) is 158 cm³/mol. The summed E-state index contributed by atoms with van der Waals surface area (Å²) < 4.78 is 19.7. The Morgan fingerprint density at radius 3 is 2.55 bits per heavy atom. The van der Waals surface area contributed by atoms with E-state index < -0.39 is 7.14 Å². The summed E-state index contributed by atoms with van der Waals surface area (Å²) >= 11 is 3.54. The zero-order valence-electron chi connectivity index (χ0n) is 21.7. The Balaban J connectivity index is 1.47. The van der Waals surface area contributed by atoms with E-state index >= 15 is 0 Å². The maximum Gasteiger partial charge on any atom is 0.229 e. The predicted octanol–water partition coefficient (Wildman–Crippen LogP) is 4.64. The third kappa shape index (κ3) is 5.45. The fraction of sp³-hybridized carbons (Fsp3) is 0.308. The van der Waals surface area contributed by atoms with Crippen molar-refractivity contribution in [1.29, 1.82) is 0 Å². The SMILES string of the molecule is COc1cc(N2CCNCC2)c(C)cc1Nc1ncc(Br)c(Nc2ccc3nccnc3c2P(C)(C)=O)n1. The second-order valence-corrected chi connectivity index (χ2v) is 13.5. The molecule has 0 atom stereocenters. The Kier molecular flexibility index (Phi) is 7.52. The summed E-state index contributed by atoms with van der Waals surface area (Å²) in [5.41, 5.74) is 5.01. The standard InChI is InChI=1S/C26H30BrN8O2P/c1-16-13-20(22(37-2)14-21(16)35-11-9-28-10-12-35)33-26-31-15-17(27)25(34-26)32-19-6-5-18-23(30-8-7-29-18)24(19)38(3,4)36/h5-8,13-15,28H,9-12H2,1-4H3,(H2,31,32,33,34). The topological polar surface area (TPSA) is 117 Å². The van der Waals surface area contributed by atoms with E-state index in [1.165, 1.54) is 0 Å². The minimum Gasteiger partial charge on any atom is -0.494 e. The Labute approximate surface area is 230 Å². The molecule has 3 heterocycles. The number of benzene rings is 2. The van der Waals surface area contributed by atoms with Gasteiger partial charge in [-0.05, 0) is 59.9 Å². The van der Waals surface area contributed by atoms with Crippen molar-refractivity contribution in [2.24, 2.45) is 0 Å². The number of aryl methyl sites for hydroxylation is 1. The number of rotatable bonds is 7. The van der Waals surface area contributed by atoms with Crippen molar-refractivity contribution in [1.82, 2.24) is 25.3 Å². The van der Waals surface area contributed by atoms with Crippen molar-refractivity contribution < 1.29 is 9.30 Å². The van der Waals surface area contributed by atoms with Crippen molar-refractivity contribution in [3.05, 3.63) is 52.9 Å². The highest BCUT2D eigenvalue weighted by Gasteiger charge is 2.23. The lowest BCUT2D eigenvalue weighted by atomic mass is 10.1. The highest BCUT2D eigenvalue weighted by Crippen LogP contribution is 2.41. The van der Waals surface area contributed by atoms with E-state index in [1.807, 2.05) is 12.1 Å². The number of methoxy groups -OCH3 is 1. The van der Waals surface area contributed by atoms with Crippen LogP contribution in [0.5, 0.6) is 5.75 Å². The number of hydrogen-bond acceptors (Lipinski definition) is 10. The number of hydrogen-bond donors (Lipinski definition) is 3. The van der Waals surface area contributed by atoms with Crippen LogP contribution in [0, 0.1) is 6.92 Å². The molecule has 0 spiro atoms. The third-order valence-electron chi connectivity index (χ3n) is 6.37. The molecule has 1 fully saturated rings. The zero-order chi connectivity index (χ0) is 26.9. The minimum absolute atomic E-state index is 0.390. The smallest absolute Gasteiger partial charge is 0.229 e. The van der Waals surface area contributed by atoms with Gasteiger partial charge in [-0.15, -0.1) is 0 Å². The first-order valence-electron chi connectivity index (χ1n) is 12.2. The molecular formula is C26H30BrN8O2P. The molecule has 4 aromatic rings. The fourth-order valence-corrected chi connectivity index (χ4v) is 6.30.